The van der Waals surface area contributed by atoms with E-state index in [1.807, 2.05) is 6.07 Å². The van der Waals surface area contributed by atoms with Crippen molar-refractivity contribution in [1.29, 1.82) is 0 Å². The number of aromatic nitrogens is 3. The Balaban J connectivity index is 2.27. The summed E-state index contributed by atoms with van der Waals surface area (Å²) in [5.74, 6) is 0. The molecule has 2 heterocycles. The fraction of sp³-hybridized carbons (Fsp3) is 0.308. The summed E-state index contributed by atoms with van der Waals surface area (Å²) in [4.78, 5) is 27.8. The predicted molar refractivity (Wildman–Crippen MR) is 73.6 cm³/mol. The molecule has 19 heavy (non-hydrogen) atoms. The van der Waals surface area contributed by atoms with Crippen molar-refractivity contribution in [1.82, 2.24) is 14.1 Å². The van der Waals surface area contributed by atoms with E-state index in [0.717, 1.165) is 5.56 Å². The Morgan fingerprint density at radius 3 is 2.68 bits per heavy atom. The molecule has 6 heteroatoms. The lowest BCUT2D eigenvalue weighted by molar-refractivity contribution is 0.584. The normalized spacial score (nSPS) is 10.7. The molecule has 0 saturated heterocycles. The first kappa shape index (κ1) is 13.5. The lowest BCUT2D eigenvalue weighted by Crippen LogP contribution is -2.40. The Labute approximate surface area is 115 Å². The topological polar surface area (TPSA) is 56.9 Å². The summed E-state index contributed by atoms with van der Waals surface area (Å²) in [5.41, 5.74) is 0.929. The third kappa shape index (κ3) is 2.93. The molecule has 2 aromatic heterocycles. The van der Waals surface area contributed by atoms with Crippen LogP contribution < -0.4 is 11.2 Å². The summed E-state index contributed by atoms with van der Waals surface area (Å²) >= 11 is 5.70. The molecule has 0 spiro atoms. The third-order valence-electron chi connectivity index (χ3n) is 2.92. The van der Waals surface area contributed by atoms with Gasteiger partial charge in [0.05, 0.1) is 0 Å². The van der Waals surface area contributed by atoms with Gasteiger partial charge in [-0.3, -0.25) is 9.36 Å². The highest BCUT2D eigenvalue weighted by Gasteiger charge is 2.06. The van der Waals surface area contributed by atoms with E-state index in [1.165, 1.54) is 9.13 Å². The van der Waals surface area contributed by atoms with Crippen molar-refractivity contribution in [2.24, 2.45) is 7.05 Å². The van der Waals surface area contributed by atoms with Gasteiger partial charge in [0.15, 0.2) is 0 Å². The van der Waals surface area contributed by atoms with Crippen LogP contribution in [0.1, 0.15) is 11.1 Å². The number of nitrogens with zero attached hydrogens (tertiary/aromatic N) is 3. The predicted octanol–water partition coefficient (Wildman–Crippen LogP) is 1.15. The monoisotopic (exact) mass is 279 g/mol. The second-order valence-corrected chi connectivity index (χ2v) is 4.79. The van der Waals surface area contributed by atoms with Gasteiger partial charge >= 0.3 is 5.69 Å². The first-order chi connectivity index (χ1) is 8.99. The molecule has 0 atom stereocenters. The Kier molecular flexibility index (Phi) is 3.85. The van der Waals surface area contributed by atoms with Crippen molar-refractivity contribution in [3.05, 3.63) is 61.6 Å². The second-order valence-electron chi connectivity index (χ2n) is 4.40. The van der Waals surface area contributed by atoms with E-state index in [2.05, 4.69) is 4.98 Å². The molecule has 0 unspecified atom stereocenters. The zero-order valence-electron chi connectivity index (χ0n) is 10.8. The molecule has 0 bridgehead atoms. The van der Waals surface area contributed by atoms with Crippen molar-refractivity contribution in [2.45, 2.75) is 19.9 Å². The van der Waals surface area contributed by atoms with Crippen LogP contribution >= 0.6 is 11.6 Å². The molecule has 0 aliphatic carbocycles. The Hall–Kier alpha value is -1.88. The highest BCUT2D eigenvalue weighted by Crippen LogP contribution is 2.06. The van der Waals surface area contributed by atoms with E-state index in [9.17, 15) is 9.59 Å². The van der Waals surface area contributed by atoms with E-state index >= 15 is 0 Å². The van der Waals surface area contributed by atoms with Crippen molar-refractivity contribution in [3.8, 4) is 0 Å². The molecule has 0 aromatic carbocycles. The fourth-order valence-electron chi connectivity index (χ4n) is 1.88. The quantitative estimate of drug-likeness (QED) is 0.792. The summed E-state index contributed by atoms with van der Waals surface area (Å²) in [5, 5.41) is 0.424. The molecule has 0 aliphatic heterocycles. The van der Waals surface area contributed by atoms with Crippen molar-refractivity contribution in [2.75, 3.05) is 0 Å². The maximum absolute atomic E-state index is 11.9. The van der Waals surface area contributed by atoms with E-state index < -0.39 is 0 Å². The average molecular weight is 280 g/mol. The molecule has 0 N–H and O–H groups in total. The third-order valence-corrected chi connectivity index (χ3v) is 3.14. The summed E-state index contributed by atoms with van der Waals surface area (Å²) in [6, 6.07) is 3.52. The minimum atomic E-state index is -0.308. The van der Waals surface area contributed by atoms with Crippen LogP contribution in [0.2, 0.25) is 5.15 Å². The number of pyridine rings is 1. The van der Waals surface area contributed by atoms with Gasteiger partial charge in [0.1, 0.15) is 5.15 Å². The highest BCUT2D eigenvalue weighted by atomic mass is 35.5. The van der Waals surface area contributed by atoms with E-state index in [4.69, 9.17) is 11.6 Å². The van der Waals surface area contributed by atoms with Gasteiger partial charge in [0.25, 0.3) is 5.56 Å². The molecular formula is C13H14ClN3O2. The molecule has 2 aromatic rings. The Bertz CT molecular complexity index is 667. The van der Waals surface area contributed by atoms with E-state index in [-0.39, 0.29) is 11.2 Å². The van der Waals surface area contributed by atoms with Gasteiger partial charge in [0.2, 0.25) is 0 Å². The van der Waals surface area contributed by atoms with Crippen LogP contribution in [-0.2, 0) is 20.0 Å². The first-order valence-corrected chi connectivity index (χ1v) is 6.24. The molecule has 5 nitrogen and oxygen atoms in total. The fourth-order valence-corrected chi connectivity index (χ4v) is 2.00. The summed E-state index contributed by atoms with van der Waals surface area (Å²) < 4.78 is 2.65. The Morgan fingerprint density at radius 1 is 1.32 bits per heavy atom. The smallest absolute Gasteiger partial charge is 0.303 e. The van der Waals surface area contributed by atoms with Gasteiger partial charge in [-0.2, -0.15) is 0 Å². The van der Waals surface area contributed by atoms with Gasteiger partial charge in [-0.25, -0.2) is 9.78 Å². The van der Waals surface area contributed by atoms with Crippen LogP contribution in [0.3, 0.4) is 0 Å². The van der Waals surface area contributed by atoms with Gasteiger partial charge in [-0.05, 0) is 25.0 Å². The van der Waals surface area contributed by atoms with Crippen molar-refractivity contribution >= 4 is 11.6 Å². The lowest BCUT2D eigenvalue weighted by Gasteiger charge is -2.08. The van der Waals surface area contributed by atoms with Crippen molar-refractivity contribution in [3.63, 3.8) is 0 Å². The standard InChI is InChI=1S/C13H14ClN3O2/c1-9-8-16(2)13(19)17(12(9)18)6-5-10-3-4-11(14)15-7-10/h3-4,7-8H,5-6H2,1-2H3. The largest absolute Gasteiger partial charge is 0.330 e. The Morgan fingerprint density at radius 2 is 2.05 bits per heavy atom. The molecule has 0 aliphatic rings. The molecule has 0 radical (unpaired) electrons. The summed E-state index contributed by atoms with van der Waals surface area (Å²) in [6.07, 6.45) is 3.75. The molecule has 0 saturated carbocycles. The maximum atomic E-state index is 11.9. The zero-order valence-corrected chi connectivity index (χ0v) is 11.5. The number of hydrogen-bond donors (Lipinski definition) is 0. The van der Waals surface area contributed by atoms with Crippen molar-refractivity contribution < 1.29 is 0 Å². The number of halogens is 1. The highest BCUT2D eigenvalue weighted by molar-refractivity contribution is 6.29. The summed E-state index contributed by atoms with van der Waals surface area (Å²) in [7, 11) is 1.63. The van der Waals surface area contributed by atoms with Crippen LogP contribution in [0.25, 0.3) is 0 Å². The zero-order chi connectivity index (χ0) is 14.0. The molecule has 100 valence electrons. The van der Waals surface area contributed by atoms with E-state index in [1.54, 1.807) is 32.4 Å². The van der Waals surface area contributed by atoms with Crippen LogP contribution in [-0.4, -0.2) is 14.1 Å². The number of rotatable bonds is 3. The number of aryl methyl sites for hydroxylation is 3. The number of hydrogen-bond acceptors (Lipinski definition) is 3. The van der Waals surface area contributed by atoms with Gasteiger partial charge in [-0.1, -0.05) is 17.7 Å². The molecular weight excluding hydrogens is 266 g/mol. The van der Waals surface area contributed by atoms with Gasteiger partial charge in [-0.15, -0.1) is 0 Å². The molecule has 0 fully saturated rings. The van der Waals surface area contributed by atoms with Crippen LogP contribution in [0.4, 0.5) is 0 Å². The van der Waals surface area contributed by atoms with Crippen LogP contribution in [0.15, 0.2) is 34.1 Å². The lowest BCUT2D eigenvalue weighted by atomic mass is 10.2. The van der Waals surface area contributed by atoms with Gasteiger partial charge in [0, 0.05) is 31.5 Å². The van der Waals surface area contributed by atoms with Crippen LogP contribution in [0, 0.1) is 6.92 Å². The van der Waals surface area contributed by atoms with E-state index in [0.29, 0.717) is 23.7 Å². The SMILES string of the molecule is Cc1cn(C)c(=O)n(CCc2ccc(Cl)nc2)c1=O. The summed E-state index contributed by atoms with van der Waals surface area (Å²) in [6.45, 7) is 2.03. The second kappa shape index (κ2) is 5.40. The molecule has 2 rings (SSSR count). The first-order valence-electron chi connectivity index (χ1n) is 5.86. The minimum absolute atomic E-state index is 0.245. The van der Waals surface area contributed by atoms with Gasteiger partial charge < -0.3 is 4.57 Å². The van der Waals surface area contributed by atoms with Crippen LogP contribution in [0.5, 0.6) is 0 Å². The molecule has 0 amide bonds. The maximum Gasteiger partial charge on any atom is 0.330 e. The average Bonchev–Trinajstić information content (AvgIpc) is 2.38. The minimum Gasteiger partial charge on any atom is -0.303 e.